The van der Waals surface area contributed by atoms with E-state index in [0.717, 1.165) is 0 Å². The van der Waals surface area contributed by atoms with Crippen molar-refractivity contribution in [1.82, 2.24) is 4.98 Å². The van der Waals surface area contributed by atoms with Crippen LogP contribution in [0.1, 0.15) is 6.42 Å². The van der Waals surface area contributed by atoms with Crippen LogP contribution in [0.15, 0.2) is 24.5 Å². The van der Waals surface area contributed by atoms with E-state index in [1.807, 2.05) is 0 Å². The number of aromatic nitrogens is 1. The summed E-state index contributed by atoms with van der Waals surface area (Å²) in [7, 11) is 1.62. The molecule has 0 saturated heterocycles. The quantitative estimate of drug-likeness (QED) is 0.672. The molecule has 0 aliphatic rings. The van der Waals surface area contributed by atoms with Crippen LogP contribution < -0.4 is 4.90 Å². The van der Waals surface area contributed by atoms with E-state index >= 15 is 0 Å². The summed E-state index contributed by atoms with van der Waals surface area (Å²) in [6.45, 7) is 0. The molecule has 0 bridgehead atoms. The number of hydrogen-bond acceptors (Lipinski definition) is 3. The third kappa shape index (κ3) is 2.27. The van der Waals surface area contributed by atoms with Crippen LogP contribution in [-0.4, -0.2) is 17.9 Å². The molecule has 0 aliphatic carbocycles. The van der Waals surface area contributed by atoms with Crippen LogP contribution in [0.4, 0.5) is 5.69 Å². The van der Waals surface area contributed by atoms with Crippen LogP contribution in [0.3, 0.4) is 0 Å². The maximum Gasteiger partial charge on any atom is 0.240 e. The molecule has 1 amide bonds. The molecule has 4 heteroatoms. The van der Waals surface area contributed by atoms with E-state index in [-0.39, 0.29) is 12.3 Å². The second-order valence-electron chi connectivity index (χ2n) is 2.50. The van der Waals surface area contributed by atoms with E-state index in [4.69, 9.17) is 5.26 Å². The smallest absolute Gasteiger partial charge is 0.240 e. The summed E-state index contributed by atoms with van der Waals surface area (Å²) in [5, 5.41) is 8.32. The maximum absolute atomic E-state index is 11.2. The highest BCUT2D eigenvalue weighted by atomic mass is 16.2. The number of carbonyl (C=O) groups excluding carboxylic acids is 1. The molecule has 0 atom stereocenters. The summed E-state index contributed by atoms with van der Waals surface area (Å²) >= 11 is 0. The Morgan fingerprint density at radius 3 is 3.08 bits per heavy atom. The van der Waals surface area contributed by atoms with Gasteiger partial charge in [-0.2, -0.15) is 5.26 Å². The van der Waals surface area contributed by atoms with Gasteiger partial charge in [-0.1, -0.05) is 0 Å². The fourth-order valence-electron chi connectivity index (χ4n) is 0.882. The van der Waals surface area contributed by atoms with Crippen molar-refractivity contribution in [1.29, 1.82) is 5.26 Å². The Bertz CT molecular complexity index is 328. The first-order chi connectivity index (χ1) is 6.25. The average molecular weight is 175 g/mol. The third-order valence-corrected chi connectivity index (χ3v) is 1.64. The van der Waals surface area contributed by atoms with Crippen LogP contribution in [0, 0.1) is 11.3 Å². The molecule has 1 aromatic rings. The van der Waals surface area contributed by atoms with E-state index in [1.165, 1.54) is 4.90 Å². The first-order valence-electron chi connectivity index (χ1n) is 3.79. The number of amides is 1. The van der Waals surface area contributed by atoms with Crippen LogP contribution >= 0.6 is 0 Å². The van der Waals surface area contributed by atoms with Crippen molar-refractivity contribution in [3.63, 3.8) is 0 Å². The average Bonchev–Trinajstić information content (AvgIpc) is 2.18. The Morgan fingerprint density at radius 1 is 1.77 bits per heavy atom. The van der Waals surface area contributed by atoms with Crippen molar-refractivity contribution in [2.75, 3.05) is 11.9 Å². The lowest BCUT2D eigenvalue weighted by Gasteiger charge is -2.14. The Kier molecular flexibility index (Phi) is 2.98. The molecule has 0 radical (unpaired) electrons. The molecular formula is C9H9N3O. The standard InChI is InChI=1S/C9H9N3O/c1-12(9(13)4-5-10)8-3-2-6-11-7-8/h2-3,6-7H,4H2,1H3. The summed E-state index contributed by atoms with van der Waals surface area (Å²) in [5.74, 6) is -0.226. The van der Waals surface area contributed by atoms with E-state index < -0.39 is 0 Å². The second kappa shape index (κ2) is 4.21. The van der Waals surface area contributed by atoms with Crippen molar-refractivity contribution in [2.45, 2.75) is 6.42 Å². The van der Waals surface area contributed by atoms with Crippen molar-refractivity contribution in [2.24, 2.45) is 0 Å². The van der Waals surface area contributed by atoms with Gasteiger partial charge in [0.1, 0.15) is 6.42 Å². The predicted octanol–water partition coefficient (Wildman–Crippen LogP) is 0.958. The van der Waals surface area contributed by atoms with Crippen molar-refractivity contribution >= 4 is 11.6 Å². The summed E-state index contributed by atoms with van der Waals surface area (Å²) < 4.78 is 0. The largest absolute Gasteiger partial charge is 0.313 e. The monoisotopic (exact) mass is 175 g/mol. The Hall–Kier alpha value is -1.89. The molecular weight excluding hydrogens is 166 g/mol. The van der Waals surface area contributed by atoms with Gasteiger partial charge in [0.15, 0.2) is 0 Å². The summed E-state index contributed by atoms with van der Waals surface area (Å²) in [5.41, 5.74) is 0.697. The van der Waals surface area contributed by atoms with Gasteiger partial charge in [-0.15, -0.1) is 0 Å². The number of nitrogens with zero attached hydrogens (tertiary/aromatic N) is 3. The molecule has 0 aliphatic heterocycles. The van der Waals surface area contributed by atoms with Crippen molar-refractivity contribution < 1.29 is 4.79 Å². The number of anilines is 1. The molecule has 1 rings (SSSR count). The van der Waals surface area contributed by atoms with Gasteiger partial charge < -0.3 is 4.90 Å². The minimum Gasteiger partial charge on any atom is -0.313 e. The zero-order valence-corrected chi connectivity index (χ0v) is 7.27. The number of nitriles is 1. The molecule has 1 aromatic heterocycles. The van der Waals surface area contributed by atoms with Gasteiger partial charge in [-0.3, -0.25) is 9.78 Å². The molecule has 66 valence electrons. The highest BCUT2D eigenvalue weighted by Crippen LogP contribution is 2.09. The Labute approximate surface area is 76.4 Å². The molecule has 4 nitrogen and oxygen atoms in total. The molecule has 0 fully saturated rings. The van der Waals surface area contributed by atoms with Crippen LogP contribution in [0.25, 0.3) is 0 Å². The Morgan fingerprint density at radius 2 is 2.54 bits per heavy atom. The van der Waals surface area contributed by atoms with E-state index in [1.54, 1.807) is 37.6 Å². The zero-order chi connectivity index (χ0) is 9.68. The molecule has 0 aromatic carbocycles. The number of carbonyl (C=O) groups is 1. The fourth-order valence-corrected chi connectivity index (χ4v) is 0.882. The zero-order valence-electron chi connectivity index (χ0n) is 7.27. The van der Waals surface area contributed by atoms with Crippen molar-refractivity contribution in [3.05, 3.63) is 24.5 Å². The lowest BCUT2D eigenvalue weighted by molar-refractivity contribution is -0.117. The third-order valence-electron chi connectivity index (χ3n) is 1.64. The van der Waals surface area contributed by atoms with Crippen LogP contribution in [-0.2, 0) is 4.79 Å². The van der Waals surface area contributed by atoms with Gasteiger partial charge in [0, 0.05) is 13.2 Å². The van der Waals surface area contributed by atoms with Gasteiger partial charge in [0.2, 0.25) is 5.91 Å². The highest BCUT2D eigenvalue weighted by Gasteiger charge is 2.09. The normalized spacial score (nSPS) is 8.92. The minimum atomic E-state index is -0.226. The SMILES string of the molecule is CN(C(=O)CC#N)c1cccnc1. The highest BCUT2D eigenvalue weighted by molar-refractivity contribution is 5.93. The number of hydrogen-bond donors (Lipinski definition) is 0. The van der Waals surface area contributed by atoms with Crippen molar-refractivity contribution in [3.8, 4) is 6.07 Å². The van der Waals surface area contributed by atoms with Gasteiger partial charge in [-0.25, -0.2) is 0 Å². The molecule has 0 spiro atoms. The number of rotatable bonds is 2. The lowest BCUT2D eigenvalue weighted by Crippen LogP contribution is -2.25. The van der Waals surface area contributed by atoms with E-state index in [0.29, 0.717) is 5.69 Å². The maximum atomic E-state index is 11.2. The molecule has 1 heterocycles. The topological polar surface area (TPSA) is 57.0 Å². The lowest BCUT2D eigenvalue weighted by atomic mass is 10.3. The van der Waals surface area contributed by atoms with E-state index in [2.05, 4.69) is 4.98 Å². The molecule has 0 unspecified atom stereocenters. The first kappa shape index (κ1) is 9.20. The molecule has 13 heavy (non-hydrogen) atoms. The number of pyridine rings is 1. The van der Waals surface area contributed by atoms with E-state index in [9.17, 15) is 4.79 Å². The summed E-state index contributed by atoms with van der Waals surface area (Å²) in [6, 6.07) is 5.31. The summed E-state index contributed by atoms with van der Waals surface area (Å²) in [4.78, 5) is 16.5. The van der Waals surface area contributed by atoms with Gasteiger partial charge in [0.05, 0.1) is 18.0 Å². The summed E-state index contributed by atoms with van der Waals surface area (Å²) in [6.07, 6.45) is 3.10. The minimum absolute atomic E-state index is 0.106. The Balaban J connectivity index is 2.75. The molecule has 0 saturated carbocycles. The van der Waals surface area contributed by atoms with Gasteiger partial charge in [-0.05, 0) is 12.1 Å². The fraction of sp³-hybridized carbons (Fsp3) is 0.222. The second-order valence-corrected chi connectivity index (χ2v) is 2.50. The van der Waals surface area contributed by atoms with Crippen LogP contribution in [0.2, 0.25) is 0 Å². The first-order valence-corrected chi connectivity index (χ1v) is 3.79. The molecule has 0 N–H and O–H groups in total. The van der Waals surface area contributed by atoms with Gasteiger partial charge >= 0.3 is 0 Å². The predicted molar refractivity (Wildman–Crippen MR) is 47.9 cm³/mol. The van der Waals surface area contributed by atoms with Crippen LogP contribution in [0.5, 0.6) is 0 Å². The van der Waals surface area contributed by atoms with Gasteiger partial charge in [0.25, 0.3) is 0 Å².